The average Bonchev–Trinajstić information content (AvgIpc) is 2.69. The lowest BCUT2D eigenvalue weighted by atomic mass is 10.2. The van der Waals surface area contributed by atoms with Crippen LogP contribution in [0, 0.1) is 0 Å². The zero-order valence-corrected chi connectivity index (χ0v) is 17.5. The number of nitrogens with zero attached hydrogens (tertiary/aromatic N) is 2. The first-order valence-corrected chi connectivity index (χ1v) is 10.7. The Morgan fingerprint density at radius 3 is 2.14 bits per heavy atom. The van der Waals surface area contributed by atoms with E-state index in [1.54, 1.807) is 37.1 Å². The van der Waals surface area contributed by atoms with Crippen LogP contribution in [0.15, 0.2) is 36.5 Å². The molecule has 0 fully saturated rings. The van der Waals surface area contributed by atoms with Gasteiger partial charge >= 0.3 is 7.60 Å². The highest BCUT2D eigenvalue weighted by Gasteiger charge is 2.29. The van der Waals surface area contributed by atoms with E-state index in [-0.39, 0.29) is 36.7 Å². The SMILES string of the molecule is CCOP(=O)(CN(Cc1ccccn1)c1cc(OC)c(O)c(OC)c1)OCC. The first-order chi connectivity index (χ1) is 13.5. The van der Waals surface area contributed by atoms with Gasteiger partial charge in [0.2, 0.25) is 5.75 Å². The van der Waals surface area contributed by atoms with Crippen molar-refractivity contribution in [2.45, 2.75) is 20.4 Å². The monoisotopic (exact) mass is 410 g/mol. The maximum atomic E-state index is 13.1. The predicted molar refractivity (Wildman–Crippen MR) is 107 cm³/mol. The van der Waals surface area contributed by atoms with E-state index in [1.807, 2.05) is 18.2 Å². The smallest absolute Gasteiger partial charge is 0.349 e. The molecule has 0 saturated carbocycles. The number of hydrogen-bond acceptors (Lipinski definition) is 8. The van der Waals surface area contributed by atoms with Gasteiger partial charge in [-0.3, -0.25) is 9.55 Å². The van der Waals surface area contributed by atoms with E-state index in [2.05, 4.69) is 4.98 Å². The Balaban J connectivity index is 2.47. The molecule has 0 unspecified atom stereocenters. The van der Waals surface area contributed by atoms with Crippen molar-refractivity contribution >= 4 is 13.3 Å². The number of aromatic nitrogens is 1. The second-order valence-electron chi connectivity index (χ2n) is 5.81. The van der Waals surface area contributed by atoms with Gasteiger partial charge in [-0.15, -0.1) is 0 Å². The molecule has 0 aliphatic rings. The molecular formula is C19H27N2O6P. The van der Waals surface area contributed by atoms with E-state index >= 15 is 0 Å². The fraction of sp³-hybridized carbons (Fsp3) is 0.421. The summed E-state index contributed by atoms with van der Waals surface area (Å²) in [5.41, 5.74) is 1.39. The second kappa shape index (κ2) is 10.3. The summed E-state index contributed by atoms with van der Waals surface area (Å²) in [4.78, 5) is 6.15. The molecule has 0 amide bonds. The number of anilines is 1. The van der Waals surface area contributed by atoms with Crippen LogP contribution in [-0.4, -0.2) is 43.8 Å². The average molecular weight is 410 g/mol. The number of phenols is 1. The number of methoxy groups -OCH3 is 2. The van der Waals surface area contributed by atoms with Gasteiger partial charge in [0.15, 0.2) is 11.5 Å². The fourth-order valence-electron chi connectivity index (χ4n) is 2.69. The highest BCUT2D eigenvalue weighted by atomic mass is 31.2. The molecule has 1 heterocycles. The predicted octanol–water partition coefficient (Wildman–Crippen LogP) is 4.03. The Kier molecular flexibility index (Phi) is 8.11. The molecule has 0 radical (unpaired) electrons. The first-order valence-electron chi connectivity index (χ1n) is 8.94. The van der Waals surface area contributed by atoms with Crippen molar-refractivity contribution in [2.75, 3.05) is 38.6 Å². The third-order valence-corrected chi connectivity index (χ3v) is 5.90. The van der Waals surface area contributed by atoms with Crippen molar-refractivity contribution in [1.82, 2.24) is 4.98 Å². The van der Waals surface area contributed by atoms with Crippen molar-refractivity contribution < 1.29 is 28.2 Å². The molecule has 28 heavy (non-hydrogen) atoms. The van der Waals surface area contributed by atoms with Gasteiger partial charge in [0.25, 0.3) is 0 Å². The van der Waals surface area contributed by atoms with E-state index < -0.39 is 7.60 Å². The summed E-state index contributed by atoms with van der Waals surface area (Å²) < 4.78 is 34.6. The summed E-state index contributed by atoms with van der Waals surface area (Å²) in [6.45, 7) is 4.40. The van der Waals surface area contributed by atoms with E-state index in [0.29, 0.717) is 12.2 Å². The van der Waals surface area contributed by atoms with Crippen LogP contribution in [-0.2, 0) is 20.2 Å². The second-order valence-corrected chi connectivity index (χ2v) is 7.83. The summed E-state index contributed by atoms with van der Waals surface area (Å²) in [6, 6.07) is 8.86. The third kappa shape index (κ3) is 5.61. The Hall–Kier alpha value is -2.28. The summed E-state index contributed by atoms with van der Waals surface area (Å²) in [5, 5.41) is 10.2. The fourth-order valence-corrected chi connectivity index (χ4v) is 4.40. The lowest BCUT2D eigenvalue weighted by Gasteiger charge is -2.29. The van der Waals surface area contributed by atoms with E-state index in [9.17, 15) is 9.67 Å². The number of ether oxygens (including phenoxy) is 2. The lowest BCUT2D eigenvalue weighted by molar-refractivity contribution is 0.220. The zero-order valence-electron chi connectivity index (χ0n) is 16.6. The van der Waals surface area contributed by atoms with Crippen LogP contribution in [0.2, 0.25) is 0 Å². The number of phenolic OH excluding ortho intramolecular Hbond substituents is 1. The van der Waals surface area contributed by atoms with Crippen molar-refractivity contribution in [3.05, 3.63) is 42.2 Å². The van der Waals surface area contributed by atoms with Gasteiger partial charge in [-0.2, -0.15) is 0 Å². The normalized spacial score (nSPS) is 11.3. The summed E-state index contributed by atoms with van der Waals surface area (Å²) in [7, 11) is -0.481. The molecule has 154 valence electrons. The van der Waals surface area contributed by atoms with Crippen molar-refractivity contribution in [1.29, 1.82) is 0 Å². The van der Waals surface area contributed by atoms with Crippen molar-refractivity contribution in [3.63, 3.8) is 0 Å². The Labute approximate surface area is 165 Å². The van der Waals surface area contributed by atoms with E-state index in [4.69, 9.17) is 18.5 Å². The van der Waals surface area contributed by atoms with Crippen LogP contribution in [0.5, 0.6) is 17.2 Å². The van der Waals surface area contributed by atoms with Crippen LogP contribution >= 0.6 is 7.60 Å². The van der Waals surface area contributed by atoms with Gasteiger partial charge < -0.3 is 28.5 Å². The van der Waals surface area contributed by atoms with Gasteiger partial charge in [0.1, 0.15) is 6.29 Å². The molecule has 0 aliphatic heterocycles. The largest absolute Gasteiger partial charge is 0.502 e. The minimum atomic E-state index is -3.38. The number of rotatable bonds is 11. The number of pyridine rings is 1. The van der Waals surface area contributed by atoms with Gasteiger partial charge in [0, 0.05) is 24.0 Å². The molecule has 0 bridgehead atoms. The summed E-state index contributed by atoms with van der Waals surface area (Å²) >= 11 is 0. The van der Waals surface area contributed by atoms with Crippen LogP contribution in [0.4, 0.5) is 5.69 Å². The van der Waals surface area contributed by atoms with Gasteiger partial charge in [0.05, 0.1) is 39.7 Å². The van der Waals surface area contributed by atoms with Crippen LogP contribution in [0.1, 0.15) is 19.5 Å². The molecule has 8 nitrogen and oxygen atoms in total. The van der Waals surface area contributed by atoms with Gasteiger partial charge in [-0.05, 0) is 26.0 Å². The first kappa shape index (κ1) is 22.0. The molecule has 1 N–H and O–H groups in total. The molecule has 9 heteroatoms. The molecule has 0 aliphatic carbocycles. The highest BCUT2D eigenvalue weighted by Crippen LogP contribution is 2.50. The highest BCUT2D eigenvalue weighted by molar-refractivity contribution is 7.53. The van der Waals surface area contributed by atoms with Gasteiger partial charge in [-0.25, -0.2) is 0 Å². The number of aromatic hydroxyl groups is 1. The van der Waals surface area contributed by atoms with Crippen LogP contribution in [0.25, 0.3) is 0 Å². The maximum Gasteiger partial charge on any atom is 0.349 e. The van der Waals surface area contributed by atoms with E-state index in [0.717, 1.165) is 5.69 Å². The molecule has 2 aromatic rings. The standard InChI is InChI=1S/C19H27N2O6P/c1-5-26-28(23,27-6-2)14-21(13-15-9-7-8-10-20-15)16-11-17(24-3)19(22)18(12-16)25-4/h7-12,22H,5-6,13-14H2,1-4H3. The Bertz CT molecular complexity index is 767. The Morgan fingerprint density at radius 2 is 1.68 bits per heavy atom. The topological polar surface area (TPSA) is 90.4 Å². The Morgan fingerprint density at radius 1 is 1.07 bits per heavy atom. The van der Waals surface area contributed by atoms with Gasteiger partial charge in [-0.1, -0.05) is 6.07 Å². The molecule has 0 saturated heterocycles. The van der Waals surface area contributed by atoms with Crippen molar-refractivity contribution in [3.8, 4) is 17.2 Å². The molecular weight excluding hydrogens is 383 g/mol. The number of hydrogen-bond donors (Lipinski definition) is 1. The molecule has 0 spiro atoms. The third-order valence-electron chi connectivity index (χ3n) is 3.90. The van der Waals surface area contributed by atoms with Crippen LogP contribution in [0.3, 0.4) is 0 Å². The summed E-state index contributed by atoms with van der Waals surface area (Å²) in [5.74, 6) is 0.371. The maximum absolute atomic E-state index is 13.1. The lowest BCUT2D eigenvalue weighted by Crippen LogP contribution is -2.26. The van der Waals surface area contributed by atoms with Crippen LogP contribution < -0.4 is 14.4 Å². The molecule has 0 atom stereocenters. The zero-order chi connectivity index (χ0) is 20.6. The van der Waals surface area contributed by atoms with E-state index in [1.165, 1.54) is 14.2 Å². The quantitative estimate of drug-likeness (QED) is 0.555. The minimum absolute atomic E-state index is 0.00232. The molecule has 2 rings (SSSR count). The molecule has 1 aromatic heterocycles. The molecule has 1 aromatic carbocycles. The summed E-state index contributed by atoms with van der Waals surface area (Å²) in [6.07, 6.45) is 1.69. The number of benzene rings is 1. The minimum Gasteiger partial charge on any atom is -0.502 e. The van der Waals surface area contributed by atoms with Crippen molar-refractivity contribution in [2.24, 2.45) is 0 Å².